The summed E-state index contributed by atoms with van der Waals surface area (Å²) in [4.78, 5) is 17.2. The van der Waals surface area contributed by atoms with Gasteiger partial charge in [-0.05, 0) is 30.7 Å². The number of nitriles is 1. The summed E-state index contributed by atoms with van der Waals surface area (Å²) in [5.74, 6) is -0.995. The van der Waals surface area contributed by atoms with Crippen molar-refractivity contribution in [2.24, 2.45) is 5.73 Å². The molecule has 1 aromatic heterocycles. The van der Waals surface area contributed by atoms with Crippen LogP contribution in [-0.4, -0.2) is 21.3 Å². The van der Waals surface area contributed by atoms with Crippen molar-refractivity contribution in [3.8, 4) is 17.3 Å². The van der Waals surface area contributed by atoms with Crippen LogP contribution in [0, 0.1) is 11.3 Å². The van der Waals surface area contributed by atoms with Crippen molar-refractivity contribution in [2.45, 2.75) is 12.8 Å². The molecular weight excluding hydrogens is 428 g/mol. The molecule has 32 heavy (non-hydrogen) atoms. The van der Waals surface area contributed by atoms with Crippen molar-refractivity contribution in [3.05, 3.63) is 91.8 Å². The highest BCUT2D eigenvalue weighted by Crippen LogP contribution is 2.30. The summed E-state index contributed by atoms with van der Waals surface area (Å²) >= 11 is 6.02. The predicted molar refractivity (Wildman–Crippen MR) is 123 cm³/mol. The maximum atomic E-state index is 13.0. The van der Waals surface area contributed by atoms with Crippen molar-refractivity contribution < 1.29 is 9.84 Å². The number of hydrogen-bond acceptors (Lipinski definition) is 6. The highest BCUT2D eigenvalue weighted by atomic mass is 35.5. The highest BCUT2D eigenvalue weighted by Gasteiger charge is 2.26. The number of nitrogens with zero attached hydrogens (tertiary/aromatic N) is 3. The monoisotopic (exact) mass is 446 g/mol. The molecule has 0 saturated heterocycles. The zero-order chi connectivity index (χ0) is 22.8. The Kier molecular flexibility index (Phi) is 5.71. The van der Waals surface area contributed by atoms with Crippen LogP contribution in [0.1, 0.15) is 18.4 Å². The van der Waals surface area contributed by atoms with E-state index in [0.29, 0.717) is 15.9 Å². The minimum Gasteiger partial charge on any atom is -0.480 e. The zero-order valence-corrected chi connectivity index (χ0v) is 17.9. The fourth-order valence-corrected chi connectivity index (χ4v) is 3.86. The van der Waals surface area contributed by atoms with Gasteiger partial charge in [0.25, 0.3) is 5.95 Å². The molecule has 0 aliphatic carbocycles. The first-order valence-electron chi connectivity index (χ1n) is 9.88. The summed E-state index contributed by atoms with van der Waals surface area (Å²) < 4.78 is 6.53. The predicted octanol–water partition coefficient (Wildman–Crippen LogP) is 2.45. The van der Waals surface area contributed by atoms with Gasteiger partial charge in [0.2, 0.25) is 0 Å². The molecule has 1 atom stereocenters. The number of halogens is 1. The molecule has 2 aromatic carbocycles. The molecular formula is C24H19ClN4O3. The Labute approximate surface area is 188 Å². The molecule has 1 unspecified atom stereocenters. The number of aliphatic hydroxyl groups is 1. The maximum absolute atomic E-state index is 13.0. The number of aliphatic hydroxyl groups excluding tert-OH is 1. The van der Waals surface area contributed by atoms with Crippen LogP contribution in [0.3, 0.4) is 0 Å². The normalized spacial score (nSPS) is 16.0. The topological polar surface area (TPSA) is 114 Å². The number of fused-ring (bicyclic) bond motifs is 1. The van der Waals surface area contributed by atoms with E-state index in [1.54, 1.807) is 61.5 Å². The van der Waals surface area contributed by atoms with E-state index in [9.17, 15) is 15.2 Å². The molecule has 0 fully saturated rings. The van der Waals surface area contributed by atoms with Gasteiger partial charge in [-0.3, -0.25) is 0 Å². The largest absolute Gasteiger partial charge is 0.480 e. The van der Waals surface area contributed by atoms with Gasteiger partial charge in [-0.15, -0.1) is 0 Å². The van der Waals surface area contributed by atoms with Crippen LogP contribution in [0.2, 0.25) is 5.02 Å². The quantitative estimate of drug-likeness (QED) is 0.636. The number of allylic oxidation sites excluding steroid dienone is 1. The molecule has 160 valence electrons. The van der Waals surface area contributed by atoms with Gasteiger partial charge >= 0.3 is 5.69 Å². The molecule has 4 rings (SSSR count). The summed E-state index contributed by atoms with van der Waals surface area (Å²) in [6, 6.07) is 18.1. The summed E-state index contributed by atoms with van der Waals surface area (Å²) in [6.07, 6.45) is 1.71. The zero-order valence-electron chi connectivity index (χ0n) is 17.1. The SMILES string of the molecule is CCO/C(O)=c1/c(-c2ccccc2)nc(=O)n2c1=CC(c1ccc(Cl)cc1)C(C#N)=C2N. The molecule has 8 heteroatoms. The third-order valence-electron chi connectivity index (χ3n) is 5.18. The summed E-state index contributed by atoms with van der Waals surface area (Å²) in [5, 5.41) is 21.7. The van der Waals surface area contributed by atoms with E-state index in [2.05, 4.69) is 11.1 Å². The Morgan fingerprint density at radius 1 is 1.25 bits per heavy atom. The minimum atomic E-state index is -0.664. The van der Waals surface area contributed by atoms with Gasteiger partial charge in [0.05, 0.1) is 29.3 Å². The first-order valence-corrected chi connectivity index (χ1v) is 10.3. The number of ether oxygens (including phenoxy) is 1. The summed E-state index contributed by atoms with van der Waals surface area (Å²) in [7, 11) is 0. The van der Waals surface area contributed by atoms with Crippen LogP contribution in [0.5, 0.6) is 0 Å². The van der Waals surface area contributed by atoms with E-state index in [0.717, 1.165) is 10.1 Å². The maximum Gasteiger partial charge on any atom is 0.354 e. The first-order chi connectivity index (χ1) is 15.5. The lowest BCUT2D eigenvalue weighted by Crippen LogP contribution is -2.50. The third kappa shape index (κ3) is 3.61. The second-order valence-corrected chi connectivity index (χ2v) is 7.49. The number of rotatable bonds is 4. The van der Waals surface area contributed by atoms with Gasteiger partial charge in [-0.2, -0.15) is 10.2 Å². The van der Waals surface area contributed by atoms with Crippen LogP contribution in [0.4, 0.5) is 0 Å². The van der Waals surface area contributed by atoms with Gasteiger partial charge in [0.15, 0.2) is 0 Å². The van der Waals surface area contributed by atoms with Crippen LogP contribution in [0.25, 0.3) is 29.1 Å². The molecule has 0 amide bonds. The average Bonchev–Trinajstić information content (AvgIpc) is 2.79. The number of nitrogens with two attached hydrogens (primary N) is 1. The van der Waals surface area contributed by atoms with Crippen molar-refractivity contribution in [1.82, 2.24) is 9.55 Å². The number of aromatic nitrogens is 2. The van der Waals surface area contributed by atoms with Crippen molar-refractivity contribution in [2.75, 3.05) is 6.61 Å². The van der Waals surface area contributed by atoms with Crippen LogP contribution in [-0.2, 0) is 4.74 Å². The van der Waals surface area contributed by atoms with Gasteiger partial charge < -0.3 is 15.6 Å². The lowest BCUT2D eigenvalue weighted by molar-refractivity contribution is 0.189. The van der Waals surface area contributed by atoms with E-state index in [-0.39, 0.29) is 34.9 Å². The van der Waals surface area contributed by atoms with E-state index in [1.165, 1.54) is 0 Å². The second-order valence-electron chi connectivity index (χ2n) is 7.05. The van der Waals surface area contributed by atoms with Crippen molar-refractivity contribution in [1.29, 1.82) is 5.26 Å². The van der Waals surface area contributed by atoms with E-state index < -0.39 is 11.6 Å². The summed E-state index contributed by atoms with van der Waals surface area (Å²) in [5.41, 5.74) is 7.46. The van der Waals surface area contributed by atoms with E-state index in [1.807, 2.05) is 6.07 Å². The minimum absolute atomic E-state index is 0.0485. The van der Waals surface area contributed by atoms with Crippen molar-refractivity contribution >= 4 is 29.4 Å². The molecule has 2 heterocycles. The Bertz CT molecular complexity index is 1440. The standard InChI is InChI=1S/C24H19ClN4O3/c1-2-32-23(30)20-19-12-17(14-8-10-16(25)11-9-14)18(13-26)22(27)29(19)24(31)28-21(20)15-6-4-3-5-7-15/h3-12,17,30H,2,27H2,1H3/b23-20+. The molecule has 0 spiro atoms. The molecule has 7 nitrogen and oxygen atoms in total. The Morgan fingerprint density at radius 2 is 1.94 bits per heavy atom. The lowest BCUT2D eigenvalue weighted by Gasteiger charge is -2.22. The molecule has 1 aliphatic rings. The number of hydrogen-bond donors (Lipinski definition) is 2. The second kappa shape index (κ2) is 8.61. The fraction of sp³-hybridized carbons (Fsp3) is 0.125. The van der Waals surface area contributed by atoms with E-state index >= 15 is 0 Å². The van der Waals surface area contributed by atoms with Gasteiger partial charge in [0.1, 0.15) is 11.0 Å². The Hall–Kier alpha value is -4.02. The lowest BCUT2D eigenvalue weighted by atomic mass is 9.89. The fourth-order valence-electron chi connectivity index (χ4n) is 3.73. The van der Waals surface area contributed by atoms with E-state index in [4.69, 9.17) is 22.1 Å². The molecule has 0 bridgehead atoms. The number of benzene rings is 2. The van der Waals surface area contributed by atoms with Crippen molar-refractivity contribution in [3.63, 3.8) is 0 Å². The third-order valence-corrected chi connectivity index (χ3v) is 5.43. The molecule has 0 radical (unpaired) electrons. The van der Waals surface area contributed by atoms with Crippen LogP contribution < -0.4 is 22.0 Å². The highest BCUT2D eigenvalue weighted by molar-refractivity contribution is 6.30. The smallest absolute Gasteiger partial charge is 0.354 e. The average molecular weight is 447 g/mol. The molecule has 3 aromatic rings. The van der Waals surface area contributed by atoms with Crippen LogP contribution >= 0.6 is 11.6 Å². The molecule has 3 N–H and O–H groups in total. The Balaban J connectivity index is 2.16. The first kappa shape index (κ1) is 21.2. The summed E-state index contributed by atoms with van der Waals surface area (Å²) in [6.45, 7) is 1.93. The van der Waals surface area contributed by atoms with Crippen LogP contribution in [0.15, 0.2) is 65.0 Å². The molecule has 1 aliphatic heterocycles. The van der Waals surface area contributed by atoms with Gasteiger partial charge in [-0.1, -0.05) is 54.1 Å². The van der Waals surface area contributed by atoms with Gasteiger partial charge in [0, 0.05) is 16.5 Å². The molecule has 0 saturated carbocycles. The Morgan fingerprint density at radius 3 is 2.56 bits per heavy atom. The van der Waals surface area contributed by atoms with Gasteiger partial charge in [-0.25, -0.2) is 9.36 Å².